The summed E-state index contributed by atoms with van der Waals surface area (Å²) in [6.45, 7) is 7.09. The number of nitrogens with zero attached hydrogens (tertiary/aromatic N) is 1. The second kappa shape index (κ2) is 6.95. The van der Waals surface area contributed by atoms with Crippen LogP contribution in [-0.2, 0) is 4.79 Å². The molecule has 1 unspecified atom stereocenters. The van der Waals surface area contributed by atoms with Crippen molar-refractivity contribution in [3.63, 3.8) is 0 Å². The van der Waals surface area contributed by atoms with Gasteiger partial charge in [0.2, 0.25) is 5.91 Å². The first-order valence-corrected chi connectivity index (χ1v) is 7.54. The number of hydrogen-bond acceptors (Lipinski definition) is 3. The number of halogens is 1. The molecule has 5 heteroatoms. The molecule has 0 radical (unpaired) electrons. The van der Waals surface area contributed by atoms with Gasteiger partial charge in [-0.1, -0.05) is 24.6 Å². The largest absolute Gasteiger partial charge is 0.361 e. The molecule has 110 valence electrons. The standard InChI is InChI=1S/C15H22ClN3O/c1-3-17-11(2)12-5-6-14(13(16)9-12)19-8-4-7-18-15(20)10-19/h5-6,9,11,17H,3-4,7-8,10H2,1-2H3,(H,18,20). The Hall–Kier alpha value is -1.26. The summed E-state index contributed by atoms with van der Waals surface area (Å²) in [5.74, 6) is 0.0589. The molecule has 20 heavy (non-hydrogen) atoms. The molecule has 1 atom stereocenters. The maximum atomic E-state index is 11.6. The van der Waals surface area contributed by atoms with E-state index < -0.39 is 0 Å². The molecule has 0 spiro atoms. The molecule has 0 bridgehead atoms. The van der Waals surface area contributed by atoms with Gasteiger partial charge in [0.05, 0.1) is 17.3 Å². The number of nitrogens with one attached hydrogen (secondary N) is 2. The van der Waals surface area contributed by atoms with Crippen molar-refractivity contribution in [2.45, 2.75) is 26.3 Å². The Balaban J connectivity index is 2.18. The van der Waals surface area contributed by atoms with Crippen LogP contribution in [0.3, 0.4) is 0 Å². The summed E-state index contributed by atoms with van der Waals surface area (Å²) in [4.78, 5) is 13.7. The molecule has 0 aliphatic carbocycles. The summed E-state index contributed by atoms with van der Waals surface area (Å²) in [6, 6.07) is 6.37. The van der Waals surface area contributed by atoms with Crippen LogP contribution in [-0.4, -0.2) is 32.1 Å². The van der Waals surface area contributed by atoms with Crippen LogP contribution in [0.25, 0.3) is 0 Å². The zero-order chi connectivity index (χ0) is 14.5. The summed E-state index contributed by atoms with van der Waals surface area (Å²) < 4.78 is 0. The van der Waals surface area contributed by atoms with E-state index in [4.69, 9.17) is 11.6 Å². The third-order valence-corrected chi connectivity index (χ3v) is 3.89. The summed E-state index contributed by atoms with van der Waals surface area (Å²) in [5.41, 5.74) is 2.11. The summed E-state index contributed by atoms with van der Waals surface area (Å²) in [5, 5.41) is 6.96. The lowest BCUT2D eigenvalue weighted by molar-refractivity contribution is -0.119. The molecule has 1 aliphatic rings. The second-order valence-electron chi connectivity index (χ2n) is 5.12. The van der Waals surface area contributed by atoms with E-state index in [0.29, 0.717) is 11.6 Å². The molecule has 1 saturated heterocycles. The van der Waals surface area contributed by atoms with Crippen molar-refractivity contribution in [1.82, 2.24) is 10.6 Å². The van der Waals surface area contributed by atoms with Crippen LogP contribution < -0.4 is 15.5 Å². The number of amides is 1. The third kappa shape index (κ3) is 3.64. The molecule has 4 nitrogen and oxygen atoms in total. The lowest BCUT2D eigenvalue weighted by atomic mass is 10.1. The molecule has 1 fully saturated rings. The summed E-state index contributed by atoms with van der Waals surface area (Å²) >= 11 is 6.41. The molecular weight excluding hydrogens is 274 g/mol. The van der Waals surface area contributed by atoms with Crippen LogP contribution in [0.1, 0.15) is 31.9 Å². The van der Waals surface area contributed by atoms with E-state index in [2.05, 4.69) is 30.5 Å². The number of carbonyl (C=O) groups excluding carboxylic acids is 1. The van der Waals surface area contributed by atoms with Crippen LogP contribution in [0, 0.1) is 0 Å². The Bertz CT molecular complexity index is 478. The minimum Gasteiger partial charge on any atom is -0.361 e. The molecule has 0 aromatic heterocycles. The quantitative estimate of drug-likeness (QED) is 0.896. The highest BCUT2D eigenvalue weighted by molar-refractivity contribution is 6.33. The van der Waals surface area contributed by atoms with Gasteiger partial charge in [-0.05, 0) is 37.6 Å². The van der Waals surface area contributed by atoms with Gasteiger partial charge in [-0.15, -0.1) is 0 Å². The van der Waals surface area contributed by atoms with E-state index >= 15 is 0 Å². The SMILES string of the molecule is CCNC(C)c1ccc(N2CCCNC(=O)C2)c(Cl)c1. The Morgan fingerprint density at radius 1 is 1.50 bits per heavy atom. The van der Waals surface area contributed by atoms with E-state index in [1.165, 1.54) is 5.56 Å². The Kier molecular flexibility index (Phi) is 5.26. The highest BCUT2D eigenvalue weighted by atomic mass is 35.5. The summed E-state index contributed by atoms with van der Waals surface area (Å²) in [6.07, 6.45) is 0.942. The van der Waals surface area contributed by atoms with Crippen molar-refractivity contribution < 1.29 is 4.79 Å². The number of carbonyl (C=O) groups is 1. The van der Waals surface area contributed by atoms with Crippen molar-refractivity contribution in [2.75, 3.05) is 31.1 Å². The minimum absolute atomic E-state index is 0.0589. The number of rotatable bonds is 4. The van der Waals surface area contributed by atoms with Gasteiger partial charge in [0.15, 0.2) is 0 Å². The van der Waals surface area contributed by atoms with Gasteiger partial charge in [-0.25, -0.2) is 0 Å². The molecule has 2 N–H and O–H groups in total. The van der Waals surface area contributed by atoms with Crippen molar-refractivity contribution >= 4 is 23.2 Å². The van der Waals surface area contributed by atoms with Gasteiger partial charge in [0, 0.05) is 19.1 Å². The first kappa shape index (κ1) is 15.1. The number of anilines is 1. The van der Waals surface area contributed by atoms with Gasteiger partial charge >= 0.3 is 0 Å². The molecule has 1 aromatic rings. The van der Waals surface area contributed by atoms with E-state index in [-0.39, 0.29) is 11.9 Å². The number of hydrogen-bond donors (Lipinski definition) is 2. The van der Waals surface area contributed by atoms with Crippen LogP contribution in [0.4, 0.5) is 5.69 Å². The Morgan fingerprint density at radius 3 is 3.00 bits per heavy atom. The van der Waals surface area contributed by atoms with Crippen molar-refractivity contribution in [2.24, 2.45) is 0 Å². The zero-order valence-corrected chi connectivity index (χ0v) is 12.8. The van der Waals surface area contributed by atoms with Crippen LogP contribution in [0.15, 0.2) is 18.2 Å². The lowest BCUT2D eigenvalue weighted by Crippen LogP contribution is -2.33. The van der Waals surface area contributed by atoms with Crippen molar-refractivity contribution in [3.8, 4) is 0 Å². The van der Waals surface area contributed by atoms with Crippen LogP contribution >= 0.6 is 11.6 Å². The maximum Gasteiger partial charge on any atom is 0.239 e. The highest BCUT2D eigenvalue weighted by Gasteiger charge is 2.18. The van der Waals surface area contributed by atoms with E-state index in [0.717, 1.165) is 31.7 Å². The van der Waals surface area contributed by atoms with Gasteiger partial charge in [-0.2, -0.15) is 0 Å². The third-order valence-electron chi connectivity index (χ3n) is 3.58. The fourth-order valence-corrected chi connectivity index (χ4v) is 2.79. The lowest BCUT2D eigenvalue weighted by Gasteiger charge is -2.23. The Labute approximate surface area is 125 Å². The fourth-order valence-electron chi connectivity index (χ4n) is 2.48. The topological polar surface area (TPSA) is 44.4 Å². The molecule has 2 rings (SSSR count). The molecule has 1 aromatic carbocycles. The summed E-state index contributed by atoms with van der Waals surface area (Å²) in [7, 11) is 0. The van der Waals surface area contributed by atoms with Gasteiger partial charge < -0.3 is 15.5 Å². The smallest absolute Gasteiger partial charge is 0.239 e. The average molecular weight is 296 g/mol. The fraction of sp³-hybridized carbons (Fsp3) is 0.533. The van der Waals surface area contributed by atoms with E-state index in [1.54, 1.807) is 0 Å². The monoisotopic (exact) mass is 295 g/mol. The highest BCUT2D eigenvalue weighted by Crippen LogP contribution is 2.29. The minimum atomic E-state index is 0.0589. The predicted molar refractivity (Wildman–Crippen MR) is 83.4 cm³/mol. The predicted octanol–water partition coefficient (Wildman–Crippen LogP) is 2.34. The first-order valence-electron chi connectivity index (χ1n) is 7.16. The van der Waals surface area contributed by atoms with E-state index in [9.17, 15) is 4.79 Å². The van der Waals surface area contributed by atoms with E-state index in [1.807, 2.05) is 17.0 Å². The van der Waals surface area contributed by atoms with Gasteiger partial charge in [0.1, 0.15) is 0 Å². The second-order valence-corrected chi connectivity index (χ2v) is 5.52. The molecule has 0 saturated carbocycles. The number of benzene rings is 1. The molecule has 1 aliphatic heterocycles. The van der Waals surface area contributed by atoms with Crippen molar-refractivity contribution in [3.05, 3.63) is 28.8 Å². The Morgan fingerprint density at radius 2 is 2.30 bits per heavy atom. The molecule has 1 heterocycles. The normalized spacial score (nSPS) is 17.6. The molecular formula is C15H22ClN3O. The van der Waals surface area contributed by atoms with Crippen molar-refractivity contribution in [1.29, 1.82) is 0 Å². The van der Waals surface area contributed by atoms with Crippen LogP contribution in [0.5, 0.6) is 0 Å². The molecule has 1 amide bonds. The van der Waals surface area contributed by atoms with Crippen LogP contribution in [0.2, 0.25) is 5.02 Å². The zero-order valence-electron chi connectivity index (χ0n) is 12.1. The average Bonchev–Trinajstić information content (AvgIpc) is 2.63. The van der Waals surface area contributed by atoms with Gasteiger partial charge in [0.25, 0.3) is 0 Å². The van der Waals surface area contributed by atoms with Gasteiger partial charge in [-0.3, -0.25) is 4.79 Å². The maximum absolute atomic E-state index is 11.6. The first-order chi connectivity index (χ1) is 9.61.